The first kappa shape index (κ1) is 26.9. The maximum absolute atomic E-state index is 14.1. The second-order valence-electron chi connectivity index (χ2n) is 9.45. The number of rotatable bonds is 8. The lowest BCUT2D eigenvalue weighted by atomic mass is 10.1. The molecule has 3 amide bonds. The van der Waals surface area contributed by atoms with Gasteiger partial charge in [-0.15, -0.1) is 0 Å². The van der Waals surface area contributed by atoms with Crippen LogP contribution in [-0.2, 0) is 4.79 Å². The van der Waals surface area contributed by atoms with Crippen LogP contribution in [0.2, 0.25) is 0 Å². The molecule has 1 N–H and O–H groups in total. The van der Waals surface area contributed by atoms with Crippen molar-refractivity contribution in [3.63, 3.8) is 0 Å². The highest BCUT2D eigenvalue weighted by molar-refractivity contribution is 5.99. The molecule has 198 valence electrons. The van der Waals surface area contributed by atoms with Crippen LogP contribution in [0.3, 0.4) is 0 Å². The fourth-order valence-corrected chi connectivity index (χ4v) is 4.50. The molecule has 0 spiro atoms. The Balaban J connectivity index is 1.30. The molecule has 38 heavy (non-hydrogen) atoms. The summed E-state index contributed by atoms with van der Waals surface area (Å²) < 4.78 is 14.1. The van der Waals surface area contributed by atoms with Gasteiger partial charge in [0.25, 0.3) is 11.8 Å². The van der Waals surface area contributed by atoms with Gasteiger partial charge >= 0.3 is 0 Å². The highest BCUT2D eigenvalue weighted by Gasteiger charge is 2.23. The third kappa shape index (κ3) is 6.56. The third-order valence-electron chi connectivity index (χ3n) is 6.60. The van der Waals surface area contributed by atoms with E-state index in [1.54, 1.807) is 6.07 Å². The van der Waals surface area contributed by atoms with E-state index in [-0.39, 0.29) is 23.9 Å². The zero-order valence-corrected chi connectivity index (χ0v) is 21.8. The monoisotopic (exact) mass is 516 g/mol. The average Bonchev–Trinajstić information content (AvgIpc) is 2.93. The van der Waals surface area contributed by atoms with Crippen LogP contribution in [0.25, 0.3) is 0 Å². The molecule has 1 saturated heterocycles. The number of amides is 3. The summed E-state index contributed by atoms with van der Waals surface area (Å²) in [6, 6.07) is 20.9. The summed E-state index contributed by atoms with van der Waals surface area (Å²) in [5, 5.41) is 2.83. The summed E-state index contributed by atoms with van der Waals surface area (Å²) in [5.41, 5.74) is 3.41. The summed E-state index contributed by atoms with van der Waals surface area (Å²) in [4.78, 5) is 43.7. The number of carbonyl (C=O) groups excluding carboxylic acids is 3. The topological polar surface area (TPSA) is 73.0 Å². The molecule has 8 heteroatoms. The molecule has 1 fully saturated rings. The molecule has 0 bridgehead atoms. The van der Waals surface area contributed by atoms with E-state index >= 15 is 0 Å². The largest absolute Gasteiger partial charge is 0.368 e. The summed E-state index contributed by atoms with van der Waals surface area (Å²) >= 11 is 0. The molecule has 0 unspecified atom stereocenters. The number of carbonyl (C=O) groups is 3. The molecule has 1 heterocycles. The van der Waals surface area contributed by atoms with Crippen LogP contribution < -0.4 is 10.2 Å². The Labute approximate surface area is 222 Å². The van der Waals surface area contributed by atoms with E-state index in [9.17, 15) is 18.8 Å². The van der Waals surface area contributed by atoms with Gasteiger partial charge in [0, 0.05) is 49.7 Å². The summed E-state index contributed by atoms with van der Waals surface area (Å²) in [7, 11) is 0. The third-order valence-corrected chi connectivity index (χ3v) is 6.60. The standard InChI is InChI=1S/C30H33FN4O3/c1-3-16-35(30(38)26-6-4-5-7-27(26)31)21-28(36)32-24-12-14-25(15-13-24)33-17-19-34(20-18-33)29(37)23-10-8-22(2)9-11-23/h4-15H,3,16-21H2,1-2H3,(H,32,36). The molecule has 7 nitrogen and oxygen atoms in total. The van der Waals surface area contributed by atoms with E-state index < -0.39 is 11.7 Å². The summed E-state index contributed by atoms with van der Waals surface area (Å²) in [6.45, 7) is 6.78. The van der Waals surface area contributed by atoms with Crippen molar-refractivity contribution in [3.8, 4) is 0 Å². The van der Waals surface area contributed by atoms with Crippen molar-refractivity contribution in [3.05, 3.63) is 95.3 Å². The van der Waals surface area contributed by atoms with Crippen molar-refractivity contribution in [2.45, 2.75) is 20.3 Å². The second-order valence-corrected chi connectivity index (χ2v) is 9.45. The Morgan fingerprint density at radius 3 is 2.18 bits per heavy atom. The van der Waals surface area contributed by atoms with Crippen molar-refractivity contribution in [1.29, 1.82) is 0 Å². The molecule has 0 radical (unpaired) electrons. The summed E-state index contributed by atoms with van der Waals surface area (Å²) in [6.07, 6.45) is 0.645. The fourth-order valence-electron chi connectivity index (χ4n) is 4.50. The molecular formula is C30H33FN4O3. The van der Waals surface area contributed by atoms with E-state index in [2.05, 4.69) is 10.2 Å². The van der Waals surface area contributed by atoms with Crippen LogP contribution in [0.15, 0.2) is 72.8 Å². The molecule has 3 aromatic carbocycles. The lowest BCUT2D eigenvalue weighted by Gasteiger charge is -2.36. The average molecular weight is 517 g/mol. The van der Waals surface area contributed by atoms with Gasteiger partial charge in [0.15, 0.2) is 0 Å². The lowest BCUT2D eigenvalue weighted by Crippen LogP contribution is -2.48. The van der Waals surface area contributed by atoms with Crippen LogP contribution in [-0.4, -0.2) is 66.8 Å². The molecule has 0 aromatic heterocycles. The Morgan fingerprint density at radius 2 is 1.55 bits per heavy atom. The predicted molar refractivity (Wildman–Crippen MR) is 147 cm³/mol. The number of nitrogens with zero attached hydrogens (tertiary/aromatic N) is 3. The maximum atomic E-state index is 14.1. The van der Waals surface area contributed by atoms with Crippen LogP contribution >= 0.6 is 0 Å². The summed E-state index contributed by atoms with van der Waals surface area (Å²) in [5.74, 6) is -1.40. The van der Waals surface area contributed by atoms with Gasteiger partial charge in [-0.1, -0.05) is 36.8 Å². The van der Waals surface area contributed by atoms with E-state index in [1.165, 1.54) is 23.1 Å². The van der Waals surface area contributed by atoms with Gasteiger partial charge in [-0.2, -0.15) is 0 Å². The van der Waals surface area contributed by atoms with Crippen molar-refractivity contribution in [1.82, 2.24) is 9.80 Å². The Bertz CT molecular complexity index is 1270. The zero-order chi connectivity index (χ0) is 27.1. The van der Waals surface area contributed by atoms with E-state index in [0.29, 0.717) is 50.4 Å². The highest BCUT2D eigenvalue weighted by Crippen LogP contribution is 2.21. The van der Waals surface area contributed by atoms with Crippen LogP contribution in [0, 0.1) is 12.7 Å². The minimum Gasteiger partial charge on any atom is -0.368 e. The molecule has 1 aliphatic heterocycles. The Hall–Kier alpha value is -4.20. The lowest BCUT2D eigenvalue weighted by molar-refractivity contribution is -0.116. The van der Waals surface area contributed by atoms with Crippen LogP contribution in [0.1, 0.15) is 39.6 Å². The molecule has 0 aliphatic carbocycles. The normalized spacial score (nSPS) is 13.2. The number of aryl methyl sites for hydroxylation is 1. The van der Waals surface area contributed by atoms with Crippen LogP contribution in [0.5, 0.6) is 0 Å². The number of halogens is 1. The van der Waals surface area contributed by atoms with Crippen molar-refractivity contribution >= 4 is 29.1 Å². The molecule has 1 aliphatic rings. The van der Waals surface area contributed by atoms with Gasteiger partial charge in [-0.25, -0.2) is 4.39 Å². The first-order valence-electron chi connectivity index (χ1n) is 12.9. The van der Waals surface area contributed by atoms with Gasteiger partial charge < -0.3 is 20.0 Å². The molecule has 0 atom stereocenters. The van der Waals surface area contributed by atoms with Gasteiger partial charge in [0.2, 0.25) is 5.91 Å². The minimum atomic E-state index is -0.602. The van der Waals surface area contributed by atoms with Crippen molar-refractivity contribution in [2.75, 3.05) is 49.5 Å². The van der Waals surface area contributed by atoms with E-state index in [1.807, 2.05) is 67.3 Å². The number of piperazine rings is 1. The van der Waals surface area contributed by atoms with Gasteiger partial charge in [0.05, 0.1) is 5.56 Å². The number of hydrogen-bond donors (Lipinski definition) is 1. The molecule has 3 aromatic rings. The van der Waals surface area contributed by atoms with Gasteiger partial charge in [-0.3, -0.25) is 14.4 Å². The minimum absolute atomic E-state index is 0.0428. The van der Waals surface area contributed by atoms with E-state index in [4.69, 9.17) is 0 Å². The number of benzene rings is 3. The number of nitrogens with one attached hydrogen (secondary N) is 1. The Kier molecular flexibility index (Phi) is 8.73. The smallest absolute Gasteiger partial charge is 0.257 e. The SMILES string of the molecule is CCCN(CC(=O)Nc1ccc(N2CCN(C(=O)c3ccc(C)cc3)CC2)cc1)C(=O)c1ccccc1F. The van der Waals surface area contributed by atoms with Crippen molar-refractivity contribution < 1.29 is 18.8 Å². The van der Waals surface area contributed by atoms with Gasteiger partial charge in [-0.05, 0) is 61.9 Å². The number of anilines is 2. The van der Waals surface area contributed by atoms with Crippen molar-refractivity contribution in [2.24, 2.45) is 0 Å². The first-order valence-corrected chi connectivity index (χ1v) is 12.9. The number of hydrogen-bond acceptors (Lipinski definition) is 4. The van der Waals surface area contributed by atoms with E-state index in [0.717, 1.165) is 11.3 Å². The maximum Gasteiger partial charge on any atom is 0.257 e. The molecule has 0 saturated carbocycles. The highest BCUT2D eigenvalue weighted by atomic mass is 19.1. The molecular weight excluding hydrogens is 483 g/mol. The quantitative estimate of drug-likeness (QED) is 0.476. The predicted octanol–water partition coefficient (Wildman–Crippen LogP) is 4.59. The fraction of sp³-hybridized carbons (Fsp3) is 0.300. The zero-order valence-electron chi connectivity index (χ0n) is 21.8. The Morgan fingerprint density at radius 1 is 0.895 bits per heavy atom. The second kappa shape index (κ2) is 12.4. The van der Waals surface area contributed by atoms with Crippen LogP contribution in [0.4, 0.5) is 15.8 Å². The first-order chi connectivity index (χ1) is 18.4. The van der Waals surface area contributed by atoms with Gasteiger partial charge in [0.1, 0.15) is 12.4 Å². The molecule has 4 rings (SSSR count).